The van der Waals surface area contributed by atoms with Gasteiger partial charge in [-0.15, -0.1) is 16.8 Å². The van der Waals surface area contributed by atoms with E-state index in [9.17, 15) is 4.79 Å². The molecule has 0 spiro atoms. The highest BCUT2D eigenvalue weighted by atomic mass is 32.2. The van der Waals surface area contributed by atoms with Crippen LogP contribution in [0.4, 0.5) is 5.13 Å². The Morgan fingerprint density at radius 2 is 2.08 bits per heavy atom. The first-order valence-electron chi connectivity index (χ1n) is 7.64. The van der Waals surface area contributed by atoms with Crippen LogP contribution in [0.25, 0.3) is 0 Å². The van der Waals surface area contributed by atoms with Gasteiger partial charge in [-0.1, -0.05) is 42.2 Å². The lowest BCUT2D eigenvalue weighted by Gasteiger charge is -2.17. The summed E-state index contributed by atoms with van der Waals surface area (Å²) in [5.41, 5.74) is 2.21. The van der Waals surface area contributed by atoms with Gasteiger partial charge in [0.05, 0.1) is 0 Å². The number of benzene rings is 1. The lowest BCUT2D eigenvalue weighted by atomic mass is 10.1. The predicted octanol–water partition coefficient (Wildman–Crippen LogP) is 4.23. The SMILES string of the molecule is C=CCSc1nnc(NC(=O)C(CC)Oc2cc(C)cc(C)c2)s1. The highest BCUT2D eigenvalue weighted by molar-refractivity contribution is 8.01. The first kappa shape index (κ1) is 18.5. The van der Waals surface area contributed by atoms with Crippen LogP contribution in [-0.2, 0) is 4.79 Å². The third-order valence-electron chi connectivity index (χ3n) is 3.10. The number of carbonyl (C=O) groups excluding carboxylic acids is 1. The van der Waals surface area contributed by atoms with Crippen molar-refractivity contribution >= 4 is 34.1 Å². The maximum atomic E-state index is 12.4. The van der Waals surface area contributed by atoms with E-state index in [2.05, 4.69) is 28.2 Å². The average Bonchev–Trinajstić information content (AvgIpc) is 2.97. The Morgan fingerprint density at radius 3 is 2.71 bits per heavy atom. The maximum Gasteiger partial charge on any atom is 0.267 e. The van der Waals surface area contributed by atoms with Crippen molar-refractivity contribution < 1.29 is 9.53 Å². The number of carbonyl (C=O) groups is 1. The van der Waals surface area contributed by atoms with Crippen LogP contribution in [0.3, 0.4) is 0 Å². The van der Waals surface area contributed by atoms with E-state index in [4.69, 9.17) is 4.74 Å². The number of hydrogen-bond donors (Lipinski definition) is 1. The molecule has 2 rings (SSSR count). The fourth-order valence-corrected chi connectivity index (χ4v) is 3.64. The summed E-state index contributed by atoms with van der Waals surface area (Å²) in [6.45, 7) is 9.59. The number of amides is 1. The van der Waals surface area contributed by atoms with E-state index >= 15 is 0 Å². The zero-order valence-corrected chi connectivity index (χ0v) is 15.7. The molecule has 24 heavy (non-hydrogen) atoms. The van der Waals surface area contributed by atoms with Crippen molar-refractivity contribution in [1.82, 2.24) is 10.2 Å². The molecule has 0 saturated heterocycles. The second-order valence-electron chi connectivity index (χ2n) is 5.30. The van der Waals surface area contributed by atoms with Crippen LogP contribution >= 0.6 is 23.1 Å². The minimum atomic E-state index is -0.570. The van der Waals surface area contributed by atoms with Gasteiger partial charge in [-0.25, -0.2) is 0 Å². The Morgan fingerprint density at radius 1 is 1.38 bits per heavy atom. The van der Waals surface area contributed by atoms with Gasteiger partial charge in [0, 0.05) is 5.75 Å². The zero-order chi connectivity index (χ0) is 17.5. The average molecular weight is 364 g/mol. The molecule has 1 aromatic carbocycles. The Labute approximate surface area is 150 Å². The van der Waals surface area contributed by atoms with Crippen molar-refractivity contribution in [2.45, 2.75) is 37.6 Å². The van der Waals surface area contributed by atoms with Gasteiger partial charge in [0.25, 0.3) is 5.91 Å². The maximum absolute atomic E-state index is 12.4. The Kier molecular flexibility index (Phi) is 6.81. The molecule has 0 aliphatic heterocycles. The quantitative estimate of drug-likeness (QED) is 0.432. The fourth-order valence-electron chi connectivity index (χ4n) is 2.12. The number of nitrogens with one attached hydrogen (secondary N) is 1. The molecule has 1 aromatic heterocycles. The molecule has 0 radical (unpaired) electrons. The number of nitrogens with zero attached hydrogens (tertiary/aromatic N) is 2. The van der Waals surface area contributed by atoms with Gasteiger partial charge in [0.2, 0.25) is 5.13 Å². The lowest BCUT2D eigenvalue weighted by molar-refractivity contribution is -0.122. The van der Waals surface area contributed by atoms with Crippen LogP contribution < -0.4 is 10.1 Å². The molecule has 1 amide bonds. The van der Waals surface area contributed by atoms with E-state index in [-0.39, 0.29) is 5.91 Å². The van der Waals surface area contributed by atoms with Gasteiger partial charge in [-0.2, -0.15) is 0 Å². The second kappa shape index (κ2) is 8.84. The van der Waals surface area contributed by atoms with Gasteiger partial charge in [-0.3, -0.25) is 10.1 Å². The minimum absolute atomic E-state index is 0.215. The third-order valence-corrected chi connectivity index (χ3v) is 5.07. The highest BCUT2D eigenvalue weighted by Crippen LogP contribution is 2.26. The molecular weight excluding hydrogens is 342 g/mol. The van der Waals surface area contributed by atoms with Gasteiger partial charge < -0.3 is 4.74 Å². The molecule has 2 aromatic rings. The first-order valence-corrected chi connectivity index (χ1v) is 9.45. The monoisotopic (exact) mass is 363 g/mol. The van der Waals surface area contributed by atoms with Crippen LogP contribution in [0.2, 0.25) is 0 Å². The lowest BCUT2D eigenvalue weighted by Crippen LogP contribution is -2.32. The van der Waals surface area contributed by atoms with Crippen LogP contribution in [-0.4, -0.2) is 28.0 Å². The summed E-state index contributed by atoms with van der Waals surface area (Å²) >= 11 is 2.88. The molecule has 128 valence electrons. The van der Waals surface area contributed by atoms with Gasteiger partial charge in [0.1, 0.15) is 5.75 Å². The molecule has 0 bridgehead atoms. The molecule has 0 aliphatic rings. The van der Waals surface area contributed by atoms with E-state index < -0.39 is 6.10 Å². The Hall–Kier alpha value is -1.86. The number of aryl methyl sites for hydroxylation is 2. The molecule has 1 N–H and O–H groups in total. The first-order chi connectivity index (χ1) is 11.5. The molecule has 7 heteroatoms. The van der Waals surface area contributed by atoms with E-state index in [1.54, 1.807) is 6.08 Å². The summed E-state index contributed by atoms with van der Waals surface area (Å²) in [4.78, 5) is 12.4. The number of hydrogen-bond acceptors (Lipinski definition) is 6. The van der Waals surface area contributed by atoms with Crippen LogP contribution in [0, 0.1) is 13.8 Å². The van der Waals surface area contributed by atoms with E-state index in [0.29, 0.717) is 17.3 Å². The largest absolute Gasteiger partial charge is 0.481 e. The summed E-state index contributed by atoms with van der Waals surface area (Å²) in [5.74, 6) is 1.25. The van der Waals surface area contributed by atoms with Crippen LogP contribution in [0.15, 0.2) is 35.2 Å². The van der Waals surface area contributed by atoms with Gasteiger partial charge in [0.15, 0.2) is 10.4 Å². The van der Waals surface area contributed by atoms with Crippen molar-refractivity contribution in [1.29, 1.82) is 0 Å². The second-order valence-corrected chi connectivity index (χ2v) is 7.54. The number of anilines is 1. The van der Waals surface area contributed by atoms with Gasteiger partial charge >= 0.3 is 0 Å². The number of aromatic nitrogens is 2. The molecule has 1 heterocycles. The molecule has 0 fully saturated rings. The van der Waals surface area contributed by atoms with Crippen molar-refractivity contribution in [3.05, 3.63) is 42.0 Å². The number of thioether (sulfide) groups is 1. The summed E-state index contributed by atoms with van der Waals surface area (Å²) < 4.78 is 6.66. The normalized spacial score (nSPS) is 11.8. The van der Waals surface area contributed by atoms with E-state index in [0.717, 1.165) is 21.2 Å². The molecule has 0 saturated carbocycles. The molecule has 1 atom stereocenters. The Bertz CT molecular complexity index is 695. The van der Waals surface area contributed by atoms with Crippen molar-refractivity contribution in [3.8, 4) is 5.75 Å². The molecule has 5 nitrogen and oxygen atoms in total. The summed E-state index contributed by atoms with van der Waals surface area (Å²) in [7, 11) is 0. The summed E-state index contributed by atoms with van der Waals surface area (Å²) in [6.07, 6.45) is 1.80. The molecule has 0 aliphatic carbocycles. The smallest absolute Gasteiger partial charge is 0.267 e. The highest BCUT2D eigenvalue weighted by Gasteiger charge is 2.20. The van der Waals surface area contributed by atoms with Crippen LogP contribution in [0.1, 0.15) is 24.5 Å². The Balaban J connectivity index is 2.00. The third kappa shape index (κ3) is 5.35. The molecular formula is C17H21N3O2S2. The minimum Gasteiger partial charge on any atom is -0.481 e. The van der Waals surface area contributed by atoms with Gasteiger partial charge in [-0.05, 0) is 43.5 Å². The summed E-state index contributed by atoms with van der Waals surface area (Å²) in [5, 5.41) is 11.3. The van der Waals surface area contributed by atoms with Crippen LogP contribution in [0.5, 0.6) is 5.75 Å². The van der Waals surface area contributed by atoms with E-state index in [1.807, 2.05) is 32.9 Å². The predicted molar refractivity (Wildman–Crippen MR) is 100 cm³/mol. The standard InChI is InChI=1S/C17H21N3O2S2/c1-5-7-23-17-20-19-16(24-17)18-15(21)14(6-2)22-13-9-11(3)8-12(4)10-13/h5,8-10,14H,1,6-7H2,2-4H3,(H,18,19,21). The van der Waals surface area contributed by atoms with E-state index in [1.165, 1.54) is 23.1 Å². The number of rotatable bonds is 8. The zero-order valence-electron chi connectivity index (χ0n) is 14.0. The molecule has 1 unspecified atom stereocenters. The number of ether oxygens (including phenoxy) is 1. The fraction of sp³-hybridized carbons (Fsp3) is 0.353. The summed E-state index contributed by atoms with van der Waals surface area (Å²) in [6, 6.07) is 5.92. The van der Waals surface area contributed by atoms with Crippen molar-refractivity contribution in [3.63, 3.8) is 0 Å². The topological polar surface area (TPSA) is 64.1 Å². The van der Waals surface area contributed by atoms with Crippen molar-refractivity contribution in [2.75, 3.05) is 11.1 Å². The van der Waals surface area contributed by atoms with Crippen molar-refractivity contribution in [2.24, 2.45) is 0 Å².